The summed E-state index contributed by atoms with van der Waals surface area (Å²) in [7, 11) is 0. The van der Waals surface area contributed by atoms with E-state index in [2.05, 4.69) is 13.2 Å². The Balaban J connectivity index is 1.99. The van der Waals surface area contributed by atoms with E-state index in [1.165, 1.54) is 19.3 Å². The van der Waals surface area contributed by atoms with E-state index in [0.29, 0.717) is 30.8 Å². The van der Waals surface area contributed by atoms with Crippen molar-refractivity contribution < 1.29 is 4.79 Å². The van der Waals surface area contributed by atoms with Crippen molar-refractivity contribution in [1.82, 2.24) is 4.90 Å². The fraction of sp³-hybridized carbons (Fsp3) is 0.643. The average Bonchev–Trinajstić information content (AvgIpc) is 2.89. The maximum atomic E-state index is 12.3. The van der Waals surface area contributed by atoms with Gasteiger partial charge in [0.25, 0.3) is 0 Å². The molecule has 2 bridgehead atoms. The zero-order valence-electron chi connectivity index (χ0n) is 9.90. The van der Waals surface area contributed by atoms with Crippen LogP contribution in [-0.2, 0) is 4.79 Å². The molecule has 88 valence electrons. The average molecular weight is 219 g/mol. The minimum Gasteiger partial charge on any atom is -0.335 e. The van der Waals surface area contributed by atoms with Gasteiger partial charge in [0, 0.05) is 19.0 Å². The molecule has 3 atom stereocenters. The smallest absolute Gasteiger partial charge is 0.226 e. The molecule has 0 aliphatic heterocycles. The molecule has 2 fully saturated rings. The summed E-state index contributed by atoms with van der Waals surface area (Å²) in [5, 5.41) is 0. The molecule has 2 nitrogen and oxygen atoms in total. The molecule has 0 radical (unpaired) electrons. The predicted octanol–water partition coefficient (Wildman–Crippen LogP) is 2.62. The SMILES string of the molecule is C=CCN(CC=C)C(=O)[C@H]1C[C@H]2CC[C@H]1C2. The number of amides is 1. The van der Waals surface area contributed by atoms with Gasteiger partial charge < -0.3 is 4.90 Å². The third kappa shape index (κ3) is 2.06. The maximum Gasteiger partial charge on any atom is 0.226 e. The second-order valence-electron chi connectivity index (χ2n) is 5.10. The van der Waals surface area contributed by atoms with Crippen LogP contribution in [0.15, 0.2) is 25.3 Å². The molecule has 2 saturated carbocycles. The first-order valence-corrected chi connectivity index (χ1v) is 6.26. The summed E-state index contributed by atoms with van der Waals surface area (Å²) in [4.78, 5) is 14.2. The fourth-order valence-electron chi connectivity index (χ4n) is 3.35. The Morgan fingerprint density at radius 3 is 2.31 bits per heavy atom. The lowest BCUT2D eigenvalue weighted by Gasteiger charge is -2.27. The van der Waals surface area contributed by atoms with Crippen LogP contribution in [0, 0.1) is 17.8 Å². The second kappa shape index (κ2) is 4.86. The number of fused-ring (bicyclic) bond motifs is 2. The Morgan fingerprint density at radius 1 is 1.19 bits per heavy atom. The van der Waals surface area contributed by atoms with Gasteiger partial charge in [0.2, 0.25) is 5.91 Å². The minimum atomic E-state index is 0.290. The molecule has 16 heavy (non-hydrogen) atoms. The van der Waals surface area contributed by atoms with E-state index in [0.717, 1.165) is 12.3 Å². The van der Waals surface area contributed by atoms with Gasteiger partial charge in [0.05, 0.1) is 0 Å². The fourth-order valence-corrected chi connectivity index (χ4v) is 3.35. The van der Waals surface area contributed by atoms with Crippen molar-refractivity contribution in [2.75, 3.05) is 13.1 Å². The molecule has 2 aliphatic rings. The summed E-state index contributed by atoms with van der Waals surface area (Å²) >= 11 is 0. The highest BCUT2D eigenvalue weighted by Crippen LogP contribution is 2.48. The number of hydrogen-bond donors (Lipinski definition) is 0. The summed E-state index contributed by atoms with van der Waals surface area (Å²) < 4.78 is 0. The molecule has 2 rings (SSSR count). The van der Waals surface area contributed by atoms with Crippen LogP contribution in [-0.4, -0.2) is 23.9 Å². The van der Waals surface area contributed by atoms with Crippen molar-refractivity contribution in [2.24, 2.45) is 17.8 Å². The Labute approximate surface area is 98.0 Å². The predicted molar refractivity (Wildman–Crippen MR) is 65.9 cm³/mol. The maximum absolute atomic E-state index is 12.3. The van der Waals surface area contributed by atoms with Crippen LogP contribution >= 0.6 is 0 Å². The summed E-state index contributed by atoms with van der Waals surface area (Å²) in [6, 6.07) is 0. The number of rotatable bonds is 5. The largest absolute Gasteiger partial charge is 0.335 e. The normalized spacial score (nSPS) is 31.4. The van der Waals surface area contributed by atoms with Crippen LogP contribution in [0.1, 0.15) is 25.7 Å². The first-order valence-electron chi connectivity index (χ1n) is 6.26. The second-order valence-corrected chi connectivity index (χ2v) is 5.10. The van der Waals surface area contributed by atoms with Gasteiger partial charge in [-0.3, -0.25) is 4.79 Å². The summed E-state index contributed by atoms with van der Waals surface area (Å²) in [5.74, 6) is 2.11. The van der Waals surface area contributed by atoms with Crippen molar-refractivity contribution >= 4 is 5.91 Å². The van der Waals surface area contributed by atoms with Gasteiger partial charge in [0.15, 0.2) is 0 Å². The van der Waals surface area contributed by atoms with Crippen molar-refractivity contribution in [2.45, 2.75) is 25.7 Å². The van der Waals surface area contributed by atoms with E-state index in [-0.39, 0.29) is 0 Å². The molecular weight excluding hydrogens is 198 g/mol. The van der Waals surface area contributed by atoms with E-state index in [9.17, 15) is 4.79 Å². The first-order chi connectivity index (χ1) is 7.76. The highest BCUT2D eigenvalue weighted by molar-refractivity contribution is 5.80. The number of nitrogens with zero attached hydrogens (tertiary/aromatic N) is 1. The third-order valence-electron chi connectivity index (χ3n) is 4.07. The summed E-state index contributed by atoms with van der Waals surface area (Å²) in [6.45, 7) is 8.73. The van der Waals surface area contributed by atoms with Gasteiger partial charge in [-0.25, -0.2) is 0 Å². The lowest BCUT2D eigenvalue weighted by atomic mass is 9.87. The van der Waals surface area contributed by atoms with Crippen LogP contribution in [0.25, 0.3) is 0 Å². The highest BCUT2D eigenvalue weighted by atomic mass is 16.2. The van der Waals surface area contributed by atoms with Gasteiger partial charge >= 0.3 is 0 Å². The van der Waals surface area contributed by atoms with Gasteiger partial charge in [0.1, 0.15) is 0 Å². The Hall–Kier alpha value is -1.05. The van der Waals surface area contributed by atoms with Crippen LogP contribution in [0.2, 0.25) is 0 Å². The Bertz CT molecular complexity index is 287. The summed E-state index contributed by atoms with van der Waals surface area (Å²) in [5.41, 5.74) is 0. The lowest BCUT2D eigenvalue weighted by Crippen LogP contribution is -2.38. The van der Waals surface area contributed by atoms with E-state index < -0.39 is 0 Å². The van der Waals surface area contributed by atoms with E-state index in [4.69, 9.17) is 0 Å². The Kier molecular flexibility index (Phi) is 3.47. The van der Waals surface area contributed by atoms with Crippen molar-refractivity contribution in [3.05, 3.63) is 25.3 Å². The van der Waals surface area contributed by atoms with Gasteiger partial charge in [-0.1, -0.05) is 18.6 Å². The number of hydrogen-bond acceptors (Lipinski definition) is 1. The van der Waals surface area contributed by atoms with Crippen LogP contribution in [0.3, 0.4) is 0 Å². The molecule has 0 unspecified atom stereocenters. The molecule has 0 aromatic rings. The minimum absolute atomic E-state index is 0.290. The first kappa shape index (κ1) is 11.4. The van der Waals surface area contributed by atoms with Gasteiger partial charge in [-0.05, 0) is 31.1 Å². The van der Waals surface area contributed by atoms with Crippen molar-refractivity contribution in [3.8, 4) is 0 Å². The molecule has 0 N–H and O–H groups in total. The quantitative estimate of drug-likeness (QED) is 0.651. The van der Waals surface area contributed by atoms with Gasteiger partial charge in [-0.15, -0.1) is 13.2 Å². The highest BCUT2D eigenvalue weighted by Gasteiger charge is 2.44. The van der Waals surface area contributed by atoms with E-state index >= 15 is 0 Å². The molecule has 1 amide bonds. The molecule has 0 aromatic carbocycles. The zero-order chi connectivity index (χ0) is 11.5. The number of carbonyl (C=O) groups excluding carboxylic acids is 1. The molecule has 0 aromatic heterocycles. The lowest BCUT2D eigenvalue weighted by molar-refractivity contribution is -0.136. The van der Waals surface area contributed by atoms with E-state index in [1.807, 2.05) is 4.90 Å². The van der Waals surface area contributed by atoms with E-state index in [1.54, 1.807) is 12.2 Å². The molecule has 2 heteroatoms. The molecule has 2 aliphatic carbocycles. The number of carbonyl (C=O) groups is 1. The molecule has 0 heterocycles. The molecule has 0 saturated heterocycles. The van der Waals surface area contributed by atoms with Crippen molar-refractivity contribution in [3.63, 3.8) is 0 Å². The standard InChI is InChI=1S/C14H21NO/c1-3-7-15(8-4-2)14(16)13-10-11-5-6-12(13)9-11/h3-4,11-13H,1-2,5-10H2/t11-,12-,13-/m0/s1. The third-order valence-corrected chi connectivity index (χ3v) is 4.07. The Morgan fingerprint density at radius 2 is 1.88 bits per heavy atom. The molecular formula is C14H21NO. The zero-order valence-corrected chi connectivity index (χ0v) is 9.90. The van der Waals surface area contributed by atoms with Crippen LogP contribution in [0.5, 0.6) is 0 Å². The van der Waals surface area contributed by atoms with Crippen LogP contribution < -0.4 is 0 Å². The summed E-state index contributed by atoms with van der Waals surface area (Å²) in [6.07, 6.45) is 8.61. The van der Waals surface area contributed by atoms with Crippen LogP contribution in [0.4, 0.5) is 0 Å². The molecule has 0 spiro atoms. The topological polar surface area (TPSA) is 20.3 Å². The van der Waals surface area contributed by atoms with Gasteiger partial charge in [-0.2, -0.15) is 0 Å². The van der Waals surface area contributed by atoms with Crippen molar-refractivity contribution in [1.29, 1.82) is 0 Å². The monoisotopic (exact) mass is 219 g/mol.